The molecule has 2 aromatic carbocycles. The number of nitrogens with zero attached hydrogens (tertiary/aromatic N) is 1. The minimum Gasteiger partial charge on any atom is -0.496 e. The highest BCUT2D eigenvalue weighted by molar-refractivity contribution is 7.89. The fourth-order valence-corrected chi connectivity index (χ4v) is 4.40. The number of hydrogen-bond donors (Lipinski definition) is 1. The number of ether oxygens (including phenoxy) is 1. The van der Waals surface area contributed by atoms with Crippen LogP contribution in [0.3, 0.4) is 0 Å². The first-order valence-electron chi connectivity index (χ1n) is 8.89. The topological polar surface area (TPSA) is 75.7 Å². The van der Waals surface area contributed by atoms with E-state index in [2.05, 4.69) is 5.32 Å². The van der Waals surface area contributed by atoms with E-state index >= 15 is 0 Å². The van der Waals surface area contributed by atoms with Crippen LogP contribution in [0.2, 0.25) is 0 Å². The summed E-state index contributed by atoms with van der Waals surface area (Å²) in [6, 6.07) is 13.3. The summed E-state index contributed by atoms with van der Waals surface area (Å²) in [7, 11) is -2.04. The van der Waals surface area contributed by atoms with Gasteiger partial charge in [0.15, 0.2) is 0 Å². The van der Waals surface area contributed by atoms with Crippen molar-refractivity contribution in [1.29, 1.82) is 0 Å². The Morgan fingerprint density at radius 1 is 1.11 bits per heavy atom. The molecule has 7 heteroatoms. The molecule has 0 bridgehead atoms. The minimum absolute atomic E-state index is 0.115. The summed E-state index contributed by atoms with van der Waals surface area (Å²) >= 11 is 0. The number of carbonyl (C=O) groups is 1. The predicted octanol–water partition coefficient (Wildman–Crippen LogP) is 3.22. The second-order valence-corrected chi connectivity index (χ2v) is 7.99. The van der Waals surface area contributed by atoms with Crippen molar-refractivity contribution in [2.24, 2.45) is 0 Å². The highest BCUT2D eigenvalue weighted by atomic mass is 32.2. The van der Waals surface area contributed by atoms with Gasteiger partial charge in [-0.2, -0.15) is 4.31 Å². The zero-order valence-corrected chi connectivity index (χ0v) is 16.9. The van der Waals surface area contributed by atoms with Crippen molar-refractivity contribution in [3.8, 4) is 5.75 Å². The van der Waals surface area contributed by atoms with Crippen molar-refractivity contribution in [2.75, 3.05) is 20.2 Å². The molecule has 1 atom stereocenters. The smallest absolute Gasteiger partial charge is 0.251 e. The van der Waals surface area contributed by atoms with E-state index < -0.39 is 10.0 Å². The third-order valence-corrected chi connectivity index (χ3v) is 6.44. The number of para-hydroxylation sites is 1. The average molecular weight is 391 g/mol. The van der Waals surface area contributed by atoms with Gasteiger partial charge in [0.1, 0.15) is 5.75 Å². The Bertz CT molecular complexity index is 892. The summed E-state index contributed by atoms with van der Waals surface area (Å²) < 4.78 is 32.0. The van der Waals surface area contributed by atoms with E-state index in [-0.39, 0.29) is 16.8 Å². The quantitative estimate of drug-likeness (QED) is 0.751. The molecule has 27 heavy (non-hydrogen) atoms. The van der Waals surface area contributed by atoms with Crippen LogP contribution in [-0.2, 0) is 10.0 Å². The maximum absolute atomic E-state index is 12.7. The number of hydrogen-bond acceptors (Lipinski definition) is 4. The number of sulfonamides is 1. The third-order valence-electron chi connectivity index (χ3n) is 4.39. The molecule has 1 unspecified atom stereocenters. The van der Waals surface area contributed by atoms with E-state index in [1.165, 1.54) is 16.4 Å². The molecule has 2 aromatic rings. The number of rotatable bonds is 8. The molecule has 0 aliphatic heterocycles. The van der Waals surface area contributed by atoms with E-state index in [9.17, 15) is 13.2 Å². The molecule has 146 valence electrons. The lowest BCUT2D eigenvalue weighted by molar-refractivity contribution is 0.0939. The van der Waals surface area contributed by atoms with Crippen molar-refractivity contribution < 1.29 is 17.9 Å². The van der Waals surface area contributed by atoms with E-state index in [1.54, 1.807) is 33.1 Å². The van der Waals surface area contributed by atoms with Crippen LogP contribution >= 0.6 is 0 Å². The first-order chi connectivity index (χ1) is 12.8. The van der Waals surface area contributed by atoms with E-state index in [0.29, 0.717) is 24.4 Å². The Balaban J connectivity index is 2.25. The van der Waals surface area contributed by atoms with Gasteiger partial charge in [-0.15, -0.1) is 0 Å². The Morgan fingerprint density at radius 2 is 1.78 bits per heavy atom. The maximum atomic E-state index is 12.7. The lowest BCUT2D eigenvalue weighted by atomic mass is 10.1. The molecule has 0 aromatic heterocycles. The fourth-order valence-electron chi connectivity index (χ4n) is 2.89. The molecular formula is C20H26N2O4S. The number of amides is 1. The van der Waals surface area contributed by atoms with Crippen LogP contribution in [0.4, 0.5) is 0 Å². The van der Waals surface area contributed by atoms with Crippen molar-refractivity contribution in [2.45, 2.75) is 31.7 Å². The molecule has 0 aliphatic rings. The van der Waals surface area contributed by atoms with Crippen molar-refractivity contribution in [1.82, 2.24) is 9.62 Å². The number of benzene rings is 2. The average Bonchev–Trinajstić information content (AvgIpc) is 2.68. The van der Waals surface area contributed by atoms with Crippen molar-refractivity contribution in [3.05, 3.63) is 59.7 Å². The van der Waals surface area contributed by atoms with Gasteiger partial charge < -0.3 is 10.1 Å². The predicted molar refractivity (Wildman–Crippen MR) is 105 cm³/mol. The highest BCUT2D eigenvalue weighted by Crippen LogP contribution is 2.25. The Morgan fingerprint density at radius 3 is 2.41 bits per heavy atom. The van der Waals surface area contributed by atoms with E-state index in [4.69, 9.17) is 4.74 Å². The summed E-state index contributed by atoms with van der Waals surface area (Å²) in [4.78, 5) is 12.8. The summed E-state index contributed by atoms with van der Waals surface area (Å²) in [5, 5.41) is 2.90. The molecule has 2 rings (SSSR count). The fraction of sp³-hybridized carbons (Fsp3) is 0.350. The van der Waals surface area contributed by atoms with E-state index in [0.717, 1.165) is 5.56 Å². The number of nitrogens with one attached hydrogen (secondary N) is 1. The monoisotopic (exact) mass is 390 g/mol. The zero-order valence-electron chi connectivity index (χ0n) is 16.1. The molecule has 1 amide bonds. The van der Waals surface area contributed by atoms with Crippen LogP contribution in [0.5, 0.6) is 5.75 Å². The molecule has 0 saturated carbocycles. The van der Waals surface area contributed by atoms with Crippen molar-refractivity contribution in [3.63, 3.8) is 0 Å². The molecule has 0 spiro atoms. The van der Waals surface area contributed by atoms with Crippen LogP contribution in [-0.4, -0.2) is 38.8 Å². The third kappa shape index (κ3) is 4.67. The van der Waals surface area contributed by atoms with Crippen LogP contribution in [0.1, 0.15) is 42.7 Å². The molecule has 0 saturated heterocycles. The van der Waals surface area contributed by atoms with Crippen LogP contribution in [0.25, 0.3) is 0 Å². The SMILES string of the molecule is CCN(CC)S(=O)(=O)c1cccc(C(=O)NC(C)c2ccccc2OC)c1. The lowest BCUT2D eigenvalue weighted by Gasteiger charge is -2.19. The van der Waals surface area contributed by atoms with Gasteiger partial charge in [0, 0.05) is 24.2 Å². The van der Waals surface area contributed by atoms with Gasteiger partial charge in [0.25, 0.3) is 5.91 Å². The Hall–Kier alpha value is -2.38. The van der Waals surface area contributed by atoms with Crippen LogP contribution < -0.4 is 10.1 Å². The maximum Gasteiger partial charge on any atom is 0.251 e. The zero-order chi connectivity index (χ0) is 20.0. The molecule has 0 fully saturated rings. The van der Waals surface area contributed by atoms with Gasteiger partial charge >= 0.3 is 0 Å². The van der Waals surface area contributed by atoms with Crippen molar-refractivity contribution >= 4 is 15.9 Å². The largest absolute Gasteiger partial charge is 0.496 e. The van der Waals surface area contributed by atoms with Gasteiger partial charge in [0.2, 0.25) is 10.0 Å². The van der Waals surface area contributed by atoms with Crippen LogP contribution in [0.15, 0.2) is 53.4 Å². The molecule has 0 aliphatic carbocycles. The first-order valence-corrected chi connectivity index (χ1v) is 10.3. The highest BCUT2D eigenvalue weighted by Gasteiger charge is 2.23. The van der Waals surface area contributed by atoms with Gasteiger partial charge in [0.05, 0.1) is 18.0 Å². The standard InChI is InChI=1S/C20H26N2O4S/c1-5-22(6-2)27(24,25)17-11-9-10-16(14-17)20(23)21-15(3)18-12-7-8-13-19(18)26-4/h7-15H,5-6H2,1-4H3,(H,21,23). The van der Waals surface area contributed by atoms with Gasteiger partial charge in [-0.1, -0.05) is 38.1 Å². The number of carbonyl (C=O) groups excluding carboxylic acids is 1. The van der Waals surface area contributed by atoms with Gasteiger partial charge in [-0.05, 0) is 31.2 Å². The molecule has 6 nitrogen and oxygen atoms in total. The minimum atomic E-state index is -3.62. The van der Waals surface area contributed by atoms with Gasteiger partial charge in [-0.25, -0.2) is 8.42 Å². The first kappa shape index (κ1) is 20.9. The van der Waals surface area contributed by atoms with Gasteiger partial charge in [-0.3, -0.25) is 4.79 Å². The summed E-state index contributed by atoms with van der Waals surface area (Å²) in [5.74, 6) is 0.341. The summed E-state index contributed by atoms with van der Waals surface area (Å²) in [6.07, 6.45) is 0. The van der Waals surface area contributed by atoms with Crippen LogP contribution in [0, 0.1) is 0 Å². The lowest BCUT2D eigenvalue weighted by Crippen LogP contribution is -2.31. The molecule has 0 heterocycles. The summed E-state index contributed by atoms with van der Waals surface area (Å²) in [5.41, 5.74) is 1.14. The molecular weight excluding hydrogens is 364 g/mol. The molecule has 1 N–H and O–H groups in total. The molecule has 0 radical (unpaired) electrons. The second-order valence-electron chi connectivity index (χ2n) is 6.05. The Kier molecular flexibility index (Phi) is 6.98. The second kappa shape index (κ2) is 9.01. The normalized spacial score (nSPS) is 12.6. The Labute approximate surface area is 161 Å². The summed E-state index contributed by atoms with van der Waals surface area (Å²) in [6.45, 7) is 6.17. The van der Waals surface area contributed by atoms with E-state index in [1.807, 2.05) is 31.2 Å². The number of methoxy groups -OCH3 is 1.